The summed E-state index contributed by atoms with van der Waals surface area (Å²) in [7, 11) is 0. The molecule has 3 aromatic rings. The van der Waals surface area contributed by atoms with E-state index in [1.165, 1.54) is 5.56 Å². The fourth-order valence-electron chi connectivity index (χ4n) is 2.73. The van der Waals surface area contributed by atoms with E-state index in [2.05, 4.69) is 11.2 Å². The molecule has 5 nitrogen and oxygen atoms in total. The number of nitrogens with zero attached hydrogens (tertiary/aromatic N) is 2. The van der Waals surface area contributed by atoms with Gasteiger partial charge in [-0.2, -0.15) is 5.10 Å². The topological polar surface area (TPSA) is 64.3 Å². The summed E-state index contributed by atoms with van der Waals surface area (Å²) in [6, 6.07) is 14.7. The van der Waals surface area contributed by atoms with Crippen LogP contribution in [0.2, 0.25) is 0 Å². The first-order chi connectivity index (χ1) is 11.2. The predicted octanol–water partition coefficient (Wildman–Crippen LogP) is 3.17. The molecule has 2 aromatic carbocycles. The number of aromatic nitrogens is 2. The van der Waals surface area contributed by atoms with Gasteiger partial charge >= 0.3 is 5.97 Å². The number of aromatic carboxylic acids is 1. The van der Waals surface area contributed by atoms with Crippen LogP contribution in [0, 0.1) is 0 Å². The Bertz CT molecular complexity index is 899. The molecule has 1 N–H and O–H groups in total. The third-order valence-corrected chi connectivity index (χ3v) is 3.94. The van der Waals surface area contributed by atoms with Crippen molar-refractivity contribution < 1.29 is 14.6 Å². The monoisotopic (exact) mass is 306 g/mol. The van der Waals surface area contributed by atoms with Crippen molar-refractivity contribution >= 4 is 5.97 Å². The molecule has 23 heavy (non-hydrogen) atoms. The number of hydrogen-bond donors (Lipinski definition) is 1. The van der Waals surface area contributed by atoms with Crippen LogP contribution in [0.5, 0.6) is 5.75 Å². The molecule has 0 spiro atoms. The molecular weight excluding hydrogens is 292 g/mol. The number of carboxylic acids is 1. The smallest absolute Gasteiger partial charge is 0.335 e. The summed E-state index contributed by atoms with van der Waals surface area (Å²) in [5, 5.41) is 13.6. The van der Waals surface area contributed by atoms with Crippen LogP contribution in [0.25, 0.3) is 16.9 Å². The molecule has 114 valence electrons. The van der Waals surface area contributed by atoms with Crippen molar-refractivity contribution in [2.75, 3.05) is 6.61 Å². The zero-order chi connectivity index (χ0) is 15.8. The van der Waals surface area contributed by atoms with E-state index in [0.29, 0.717) is 0 Å². The van der Waals surface area contributed by atoms with E-state index in [0.717, 1.165) is 35.7 Å². The summed E-state index contributed by atoms with van der Waals surface area (Å²) >= 11 is 0. The molecule has 4 rings (SSSR count). The molecule has 5 heteroatoms. The summed E-state index contributed by atoms with van der Waals surface area (Å²) in [6.07, 6.45) is 2.81. The summed E-state index contributed by atoms with van der Waals surface area (Å²) in [6.45, 7) is 0.727. The minimum Gasteiger partial charge on any atom is -0.493 e. The highest BCUT2D eigenvalue weighted by atomic mass is 16.5. The molecule has 0 fully saturated rings. The quantitative estimate of drug-likeness (QED) is 0.807. The Balaban J connectivity index is 1.69. The van der Waals surface area contributed by atoms with Gasteiger partial charge in [0.1, 0.15) is 5.75 Å². The van der Waals surface area contributed by atoms with Crippen molar-refractivity contribution in [2.24, 2.45) is 0 Å². The second-order valence-electron chi connectivity index (χ2n) is 5.42. The van der Waals surface area contributed by atoms with Crippen molar-refractivity contribution in [3.05, 3.63) is 65.9 Å². The van der Waals surface area contributed by atoms with Crippen molar-refractivity contribution in [1.29, 1.82) is 0 Å². The average molecular weight is 306 g/mol. The molecule has 1 aliphatic heterocycles. The van der Waals surface area contributed by atoms with Crippen LogP contribution in [0.15, 0.2) is 54.7 Å². The molecule has 0 amide bonds. The predicted molar refractivity (Wildman–Crippen MR) is 85.2 cm³/mol. The minimum atomic E-state index is -0.943. The number of ether oxygens (including phenoxy) is 1. The number of fused-ring (bicyclic) bond motifs is 1. The fraction of sp³-hybridized carbons (Fsp3) is 0.111. The second-order valence-corrected chi connectivity index (χ2v) is 5.42. The maximum atomic E-state index is 11.1. The van der Waals surface area contributed by atoms with Crippen LogP contribution in [-0.2, 0) is 6.42 Å². The van der Waals surface area contributed by atoms with Crippen molar-refractivity contribution in [2.45, 2.75) is 6.42 Å². The standard InChI is InChI=1S/C18H14N2O3/c21-18(22)14-3-1-2-13(10-14)16-6-8-20(19-16)15-5-4-12-7-9-23-17(12)11-15/h1-6,8,10-11H,7,9H2,(H,21,22). The zero-order valence-corrected chi connectivity index (χ0v) is 12.3. The minimum absolute atomic E-state index is 0.253. The number of hydrogen-bond acceptors (Lipinski definition) is 3. The molecule has 0 atom stereocenters. The summed E-state index contributed by atoms with van der Waals surface area (Å²) in [5.74, 6) is -0.0329. The Morgan fingerprint density at radius 2 is 2.09 bits per heavy atom. The van der Waals surface area contributed by atoms with Crippen molar-refractivity contribution in [3.8, 4) is 22.7 Å². The van der Waals surface area contributed by atoms with E-state index in [-0.39, 0.29) is 5.56 Å². The third kappa shape index (κ3) is 2.46. The second kappa shape index (κ2) is 5.28. The molecule has 2 heterocycles. The van der Waals surface area contributed by atoms with Crippen LogP contribution < -0.4 is 4.74 Å². The van der Waals surface area contributed by atoms with Gasteiger partial charge in [-0.25, -0.2) is 9.48 Å². The van der Waals surface area contributed by atoms with Gasteiger partial charge in [0, 0.05) is 24.2 Å². The van der Waals surface area contributed by atoms with E-state index in [4.69, 9.17) is 9.84 Å². The lowest BCUT2D eigenvalue weighted by Gasteiger charge is -2.04. The highest BCUT2D eigenvalue weighted by Crippen LogP contribution is 2.28. The van der Waals surface area contributed by atoms with Gasteiger partial charge in [0.15, 0.2) is 0 Å². The average Bonchev–Trinajstić information content (AvgIpc) is 3.23. The lowest BCUT2D eigenvalue weighted by atomic mass is 10.1. The fourth-order valence-corrected chi connectivity index (χ4v) is 2.73. The van der Waals surface area contributed by atoms with Crippen LogP contribution in [0.4, 0.5) is 0 Å². The van der Waals surface area contributed by atoms with E-state index < -0.39 is 5.97 Å². The normalized spacial score (nSPS) is 12.7. The molecule has 1 aromatic heterocycles. The third-order valence-electron chi connectivity index (χ3n) is 3.94. The molecule has 1 aliphatic rings. The van der Waals surface area contributed by atoms with E-state index in [1.54, 1.807) is 22.9 Å². The number of benzene rings is 2. The van der Waals surface area contributed by atoms with Gasteiger partial charge in [-0.05, 0) is 29.8 Å². The highest BCUT2D eigenvalue weighted by molar-refractivity contribution is 5.89. The number of rotatable bonds is 3. The summed E-state index contributed by atoms with van der Waals surface area (Å²) in [4.78, 5) is 11.1. The molecule has 0 saturated heterocycles. The lowest BCUT2D eigenvalue weighted by molar-refractivity contribution is 0.0697. The zero-order valence-electron chi connectivity index (χ0n) is 12.3. The first kappa shape index (κ1) is 13.6. The number of carboxylic acid groups (broad SMARTS) is 1. The van der Waals surface area contributed by atoms with E-state index in [1.807, 2.05) is 30.5 Å². The lowest BCUT2D eigenvalue weighted by Crippen LogP contribution is -1.97. The Morgan fingerprint density at radius 1 is 1.17 bits per heavy atom. The van der Waals surface area contributed by atoms with Gasteiger partial charge in [0.25, 0.3) is 0 Å². The Morgan fingerprint density at radius 3 is 2.96 bits per heavy atom. The van der Waals surface area contributed by atoms with Gasteiger partial charge in [-0.1, -0.05) is 18.2 Å². The SMILES string of the molecule is O=C(O)c1cccc(-c2ccn(-c3ccc4c(c3)OCC4)n2)c1. The molecule has 0 bridgehead atoms. The van der Waals surface area contributed by atoms with Crippen LogP contribution in [0.1, 0.15) is 15.9 Å². The largest absolute Gasteiger partial charge is 0.493 e. The maximum Gasteiger partial charge on any atom is 0.335 e. The first-order valence-corrected chi connectivity index (χ1v) is 7.36. The summed E-state index contributed by atoms with van der Waals surface area (Å²) < 4.78 is 7.36. The van der Waals surface area contributed by atoms with Crippen LogP contribution in [-0.4, -0.2) is 27.5 Å². The van der Waals surface area contributed by atoms with Crippen LogP contribution in [0.3, 0.4) is 0 Å². The maximum absolute atomic E-state index is 11.1. The van der Waals surface area contributed by atoms with Gasteiger partial charge < -0.3 is 9.84 Å². The first-order valence-electron chi connectivity index (χ1n) is 7.36. The van der Waals surface area contributed by atoms with Gasteiger partial charge in [0.05, 0.1) is 23.6 Å². The molecular formula is C18H14N2O3. The Labute approximate surface area is 132 Å². The van der Waals surface area contributed by atoms with Gasteiger partial charge in [-0.15, -0.1) is 0 Å². The molecule has 0 radical (unpaired) electrons. The van der Waals surface area contributed by atoms with Crippen molar-refractivity contribution in [3.63, 3.8) is 0 Å². The summed E-state index contributed by atoms with van der Waals surface area (Å²) in [5.41, 5.74) is 3.90. The van der Waals surface area contributed by atoms with Crippen LogP contribution >= 0.6 is 0 Å². The molecule has 0 saturated carbocycles. The van der Waals surface area contributed by atoms with Gasteiger partial charge in [0.2, 0.25) is 0 Å². The van der Waals surface area contributed by atoms with E-state index >= 15 is 0 Å². The highest BCUT2D eigenvalue weighted by Gasteiger charge is 2.13. The van der Waals surface area contributed by atoms with Gasteiger partial charge in [-0.3, -0.25) is 0 Å². The Kier molecular flexibility index (Phi) is 3.12. The molecule has 0 unspecified atom stereocenters. The van der Waals surface area contributed by atoms with E-state index in [9.17, 15) is 4.79 Å². The molecule has 0 aliphatic carbocycles. The van der Waals surface area contributed by atoms with Crippen molar-refractivity contribution in [1.82, 2.24) is 9.78 Å². The Hall–Kier alpha value is -3.08. The number of carbonyl (C=O) groups is 1.